The molecule has 0 aliphatic carbocycles. The molecule has 0 spiro atoms. The number of carboxylic acids is 1. The summed E-state index contributed by atoms with van der Waals surface area (Å²) in [5.41, 5.74) is 0.611. The standard InChI is InChI=1S/C13H19N3O3/c1-9-11(12(17)18)8-15-13(16-9)14-6-5-10-4-2-3-7-19-10/h8,10H,2-7H2,1H3,(H,17,18)(H,14,15,16). The minimum Gasteiger partial charge on any atom is -0.478 e. The van der Waals surface area contributed by atoms with Crippen LogP contribution in [0.1, 0.15) is 41.7 Å². The average Bonchev–Trinajstić information content (AvgIpc) is 2.39. The third kappa shape index (κ3) is 3.89. The van der Waals surface area contributed by atoms with Crippen LogP contribution in [0.5, 0.6) is 0 Å². The predicted octanol–water partition coefficient (Wildman–Crippen LogP) is 1.85. The first-order valence-electron chi connectivity index (χ1n) is 6.59. The van der Waals surface area contributed by atoms with E-state index in [1.807, 2.05) is 0 Å². The molecule has 1 aliphatic heterocycles. The summed E-state index contributed by atoms with van der Waals surface area (Å²) >= 11 is 0. The molecular formula is C13H19N3O3. The monoisotopic (exact) mass is 265 g/mol. The van der Waals surface area contributed by atoms with Crippen molar-refractivity contribution in [2.45, 2.75) is 38.7 Å². The first-order valence-corrected chi connectivity index (χ1v) is 6.59. The van der Waals surface area contributed by atoms with E-state index in [1.54, 1.807) is 6.92 Å². The van der Waals surface area contributed by atoms with Crippen molar-refractivity contribution >= 4 is 11.9 Å². The number of hydrogen-bond acceptors (Lipinski definition) is 5. The number of hydrogen-bond donors (Lipinski definition) is 2. The van der Waals surface area contributed by atoms with E-state index >= 15 is 0 Å². The van der Waals surface area contributed by atoms with Crippen LogP contribution in [0.15, 0.2) is 6.20 Å². The Morgan fingerprint density at radius 3 is 3.05 bits per heavy atom. The van der Waals surface area contributed by atoms with E-state index in [1.165, 1.54) is 12.6 Å². The number of ether oxygens (including phenoxy) is 1. The summed E-state index contributed by atoms with van der Waals surface area (Å²) in [6.07, 6.45) is 6.07. The molecule has 1 aromatic rings. The summed E-state index contributed by atoms with van der Waals surface area (Å²) in [7, 11) is 0. The maximum atomic E-state index is 10.8. The van der Waals surface area contributed by atoms with E-state index in [9.17, 15) is 4.79 Å². The fourth-order valence-electron chi connectivity index (χ4n) is 2.14. The SMILES string of the molecule is Cc1nc(NCCC2CCCCO2)ncc1C(=O)O. The molecule has 19 heavy (non-hydrogen) atoms. The normalized spacial score (nSPS) is 19.1. The fourth-order valence-corrected chi connectivity index (χ4v) is 2.14. The van der Waals surface area contributed by atoms with Gasteiger partial charge < -0.3 is 15.2 Å². The zero-order valence-corrected chi connectivity index (χ0v) is 11.1. The lowest BCUT2D eigenvalue weighted by Crippen LogP contribution is -2.22. The molecule has 1 aromatic heterocycles. The van der Waals surface area contributed by atoms with E-state index < -0.39 is 5.97 Å². The van der Waals surface area contributed by atoms with Crippen molar-refractivity contribution < 1.29 is 14.6 Å². The molecule has 1 unspecified atom stereocenters. The van der Waals surface area contributed by atoms with Crippen LogP contribution in [-0.4, -0.2) is 40.3 Å². The molecule has 0 amide bonds. The molecule has 6 nitrogen and oxygen atoms in total. The Morgan fingerprint density at radius 1 is 1.58 bits per heavy atom. The van der Waals surface area contributed by atoms with Crippen LogP contribution in [0.3, 0.4) is 0 Å². The third-order valence-electron chi connectivity index (χ3n) is 3.23. The van der Waals surface area contributed by atoms with Gasteiger partial charge in [0, 0.05) is 19.3 Å². The van der Waals surface area contributed by atoms with Gasteiger partial charge in [-0.1, -0.05) is 0 Å². The number of carboxylic acid groups (broad SMARTS) is 1. The van der Waals surface area contributed by atoms with Crippen molar-refractivity contribution in [2.75, 3.05) is 18.5 Å². The summed E-state index contributed by atoms with van der Waals surface area (Å²) in [6.45, 7) is 3.25. The molecule has 2 heterocycles. The molecule has 6 heteroatoms. The number of rotatable bonds is 5. The Hall–Kier alpha value is -1.69. The Kier molecular flexibility index (Phi) is 4.68. The van der Waals surface area contributed by atoms with Gasteiger partial charge in [0.2, 0.25) is 5.95 Å². The zero-order chi connectivity index (χ0) is 13.7. The van der Waals surface area contributed by atoms with E-state index in [-0.39, 0.29) is 5.56 Å². The minimum absolute atomic E-state index is 0.140. The highest BCUT2D eigenvalue weighted by atomic mass is 16.5. The van der Waals surface area contributed by atoms with Gasteiger partial charge in [0.15, 0.2) is 0 Å². The lowest BCUT2D eigenvalue weighted by atomic mass is 10.1. The van der Waals surface area contributed by atoms with Crippen molar-refractivity contribution in [3.63, 3.8) is 0 Å². The Balaban J connectivity index is 1.82. The Bertz CT molecular complexity index is 445. The van der Waals surface area contributed by atoms with Crippen LogP contribution in [0.4, 0.5) is 5.95 Å². The van der Waals surface area contributed by atoms with Crippen LogP contribution in [-0.2, 0) is 4.74 Å². The summed E-state index contributed by atoms with van der Waals surface area (Å²) in [5.74, 6) is -0.530. The lowest BCUT2D eigenvalue weighted by molar-refractivity contribution is 0.0134. The maximum absolute atomic E-state index is 10.8. The highest BCUT2D eigenvalue weighted by Crippen LogP contribution is 2.15. The largest absolute Gasteiger partial charge is 0.478 e. The number of aromatic nitrogens is 2. The second-order valence-corrected chi connectivity index (χ2v) is 4.70. The predicted molar refractivity (Wildman–Crippen MR) is 70.4 cm³/mol. The quantitative estimate of drug-likeness (QED) is 0.845. The number of nitrogens with one attached hydrogen (secondary N) is 1. The van der Waals surface area contributed by atoms with Crippen LogP contribution in [0.25, 0.3) is 0 Å². The molecule has 0 radical (unpaired) electrons. The molecule has 2 N–H and O–H groups in total. The molecule has 1 aliphatic rings. The Labute approximate surface area is 112 Å². The molecule has 1 saturated heterocycles. The zero-order valence-electron chi connectivity index (χ0n) is 11.1. The second-order valence-electron chi connectivity index (χ2n) is 4.70. The van der Waals surface area contributed by atoms with Gasteiger partial charge in [-0.2, -0.15) is 0 Å². The van der Waals surface area contributed by atoms with Gasteiger partial charge in [0.05, 0.1) is 17.4 Å². The highest BCUT2D eigenvalue weighted by molar-refractivity contribution is 5.88. The van der Waals surface area contributed by atoms with Crippen molar-refractivity contribution in [1.82, 2.24) is 9.97 Å². The number of anilines is 1. The van der Waals surface area contributed by atoms with Crippen molar-refractivity contribution in [3.8, 4) is 0 Å². The first kappa shape index (κ1) is 13.7. The molecule has 0 bridgehead atoms. The summed E-state index contributed by atoms with van der Waals surface area (Å²) < 4.78 is 5.63. The van der Waals surface area contributed by atoms with Gasteiger partial charge >= 0.3 is 5.97 Å². The Morgan fingerprint density at radius 2 is 2.42 bits per heavy atom. The molecule has 1 atom stereocenters. The van der Waals surface area contributed by atoms with Gasteiger partial charge in [0.1, 0.15) is 0 Å². The second kappa shape index (κ2) is 6.47. The van der Waals surface area contributed by atoms with Crippen LogP contribution in [0.2, 0.25) is 0 Å². The van der Waals surface area contributed by atoms with Crippen molar-refractivity contribution in [2.24, 2.45) is 0 Å². The number of carbonyl (C=O) groups is 1. The molecule has 0 aromatic carbocycles. The molecular weight excluding hydrogens is 246 g/mol. The topological polar surface area (TPSA) is 84.3 Å². The van der Waals surface area contributed by atoms with Crippen molar-refractivity contribution in [3.05, 3.63) is 17.5 Å². The van der Waals surface area contributed by atoms with Gasteiger partial charge in [-0.05, 0) is 32.6 Å². The van der Waals surface area contributed by atoms with E-state index in [0.29, 0.717) is 17.7 Å². The number of aryl methyl sites for hydroxylation is 1. The van der Waals surface area contributed by atoms with Crippen LogP contribution in [0, 0.1) is 6.92 Å². The summed E-state index contributed by atoms with van der Waals surface area (Å²) in [6, 6.07) is 0. The van der Waals surface area contributed by atoms with E-state index in [4.69, 9.17) is 9.84 Å². The van der Waals surface area contributed by atoms with E-state index in [0.717, 1.165) is 32.4 Å². The van der Waals surface area contributed by atoms with E-state index in [2.05, 4.69) is 15.3 Å². The molecule has 0 saturated carbocycles. The van der Waals surface area contributed by atoms with Crippen LogP contribution >= 0.6 is 0 Å². The van der Waals surface area contributed by atoms with Crippen LogP contribution < -0.4 is 5.32 Å². The van der Waals surface area contributed by atoms with Gasteiger partial charge in [-0.15, -0.1) is 0 Å². The summed E-state index contributed by atoms with van der Waals surface area (Å²) in [5, 5.41) is 12.0. The highest BCUT2D eigenvalue weighted by Gasteiger charge is 2.14. The summed E-state index contributed by atoms with van der Waals surface area (Å²) in [4.78, 5) is 19.0. The fraction of sp³-hybridized carbons (Fsp3) is 0.615. The third-order valence-corrected chi connectivity index (χ3v) is 3.23. The molecule has 104 valence electrons. The number of nitrogens with zero attached hydrogens (tertiary/aromatic N) is 2. The van der Waals surface area contributed by atoms with Crippen molar-refractivity contribution in [1.29, 1.82) is 0 Å². The minimum atomic E-state index is -1.00. The molecule has 2 rings (SSSR count). The molecule has 1 fully saturated rings. The van der Waals surface area contributed by atoms with Gasteiger partial charge in [-0.3, -0.25) is 0 Å². The van der Waals surface area contributed by atoms with Gasteiger partial charge in [0.25, 0.3) is 0 Å². The smallest absolute Gasteiger partial charge is 0.339 e. The average molecular weight is 265 g/mol. The first-order chi connectivity index (χ1) is 9.16. The van der Waals surface area contributed by atoms with Gasteiger partial charge in [-0.25, -0.2) is 14.8 Å². The maximum Gasteiger partial charge on any atom is 0.339 e. The number of aromatic carboxylic acids is 1. The lowest BCUT2D eigenvalue weighted by Gasteiger charge is -2.22.